The van der Waals surface area contributed by atoms with E-state index in [1.807, 2.05) is 18.2 Å². The number of fused-ring (bicyclic) bond motifs is 1. The van der Waals surface area contributed by atoms with Gasteiger partial charge in [0, 0.05) is 25.8 Å². The Labute approximate surface area is 112 Å². The van der Waals surface area contributed by atoms with E-state index in [2.05, 4.69) is 4.90 Å². The molecule has 3 rings (SSSR count). The zero-order valence-electron chi connectivity index (χ0n) is 10.9. The van der Waals surface area contributed by atoms with Crippen LogP contribution in [0.4, 0.5) is 0 Å². The first-order chi connectivity index (χ1) is 9.35. The molecule has 0 aliphatic carbocycles. The second-order valence-corrected chi connectivity index (χ2v) is 5.00. The molecule has 1 saturated heterocycles. The smallest absolute Gasteiger partial charge is 0.231 e. The van der Waals surface area contributed by atoms with Gasteiger partial charge in [0.15, 0.2) is 11.5 Å². The quantitative estimate of drug-likeness (QED) is 0.864. The van der Waals surface area contributed by atoms with Crippen molar-refractivity contribution < 1.29 is 19.3 Å². The molecule has 1 aromatic rings. The Hall–Kier alpha value is -1.46. The number of hydrogen-bond acceptors (Lipinski definition) is 5. The molecule has 104 valence electrons. The zero-order valence-corrected chi connectivity index (χ0v) is 10.9. The summed E-state index contributed by atoms with van der Waals surface area (Å²) < 4.78 is 16.3. The van der Waals surface area contributed by atoms with Crippen molar-refractivity contribution in [2.45, 2.75) is 6.42 Å². The molecule has 0 amide bonds. The summed E-state index contributed by atoms with van der Waals surface area (Å²) in [6.45, 7) is 4.15. The average molecular weight is 265 g/mol. The van der Waals surface area contributed by atoms with E-state index in [9.17, 15) is 0 Å². The van der Waals surface area contributed by atoms with Crippen molar-refractivity contribution in [1.29, 1.82) is 0 Å². The topological polar surface area (TPSA) is 51.2 Å². The van der Waals surface area contributed by atoms with E-state index in [0.29, 0.717) is 19.1 Å². The third-order valence-electron chi connectivity index (χ3n) is 3.65. The predicted octanol–water partition coefficient (Wildman–Crippen LogP) is 1.11. The van der Waals surface area contributed by atoms with Crippen LogP contribution in [0.2, 0.25) is 0 Å². The van der Waals surface area contributed by atoms with E-state index in [1.165, 1.54) is 0 Å². The summed E-state index contributed by atoms with van der Waals surface area (Å²) in [5, 5.41) is 9.09. The molecule has 5 nitrogen and oxygen atoms in total. The van der Waals surface area contributed by atoms with Crippen LogP contribution in [0.1, 0.15) is 6.42 Å². The van der Waals surface area contributed by atoms with Gasteiger partial charge in [-0.15, -0.1) is 0 Å². The lowest BCUT2D eigenvalue weighted by atomic mass is 10.1. The highest BCUT2D eigenvalue weighted by molar-refractivity contribution is 5.46. The third-order valence-corrected chi connectivity index (χ3v) is 3.65. The van der Waals surface area contributed by atoms with Gasteiger partial charge in [-0.05, 0) is 31.0 Å². The third kappa shape index (κ3) is 2.93. The standard InChI is InChI=1S/C14H19NO4/c16-9-11-3-4-15(8-11)5-6-17-12-1-2-13-14(7-12)19-10-18-13/h1-2,7,11,16H,3-6,8-10H2. The Bertz CT molecular complexity index is 437. The van der Waals surface area contributed by atoms with Crippen LogP contribution in [0.25, 0.3) is 0 Å². The lowest BCUT2D eigenvalue weighted by Crippen LogP contribution is -2.26. The molecule has 1 unspecified atom stereocenters. The molecule has 19 heavy (non-hydrogen) atoms. The molecule has 1 fully saturated rings. The molecule has 5 heteroatoms. The molecular weight excluding hydrogens is 246 g/mol. The van der Waals surface area contributed by atoms with Gasteiger partial charge in [0.1, 0.15) is 12.4 Å². The second-order valence-electron chi connectivity index (χ2n) is 5.00. The number of aliphatic hydroxyl groups is 1. The summed E-state index contributed by atoms with van der Waals surface area (Å²) in [4.78, 5) is 2.33. The number of ether oxygens (including phenoxy) is 3. The van der Waals surface area contributed by atoms with Gasteiger partial charge < -0.3 is 19.3 Å². The minimum Gasteiger partial charge on any atom is -0.492 e. The normalized spacial score (nSPS) is 21.8. The summed E-state index contributed by atoms with van der Waals surface area (Å²) in [6.07, 6.45) is 1.08. The maximum atomic E-state index is 9.09. The fourth-order valence-electron chi connectivity index (χ4n) is 2.52. The van der Waals surface area contributed by atoms with Gasteiger partial charge in [0.05, 0.1) is 0 Å². The Morgan fingerprint density at radius 3 is 3.05 bits per heavy atom. The molecule has 1 aromatic carbocycles. The van der Waals surface area contributed by atoms with Gasteiger partial charge >= 0.3 is 0 Å². The average Bonchev–Trinajstić information content (AvgIpc) is 3.06. The van der Waals surface area contributed by atoms with Crippen LogP contribution in [0.15, 0.2) is 18.2 Å². The van der Waals surface area contributed by atoms with Crippen LogP contribution in [-0.4, -0.2) is 49.6 Å². The van der Waals surface area contributed by atoms with E-state index in [0.717, 1.165) is 43.3 Å². The highest BCUT2D eigenvalue weighted by atomic mass is 16.7. The molecule has 2 aliphatic heterocycles. The van der Waals surface area contributed by atoms with E-state index in [-0.39, 0.29) is 6.79 Å². The number of hydrogen-bond donors (Lipinski definition) is 1. The van der Waals surface area contributed by atoms with Gasteiger partial charge in [-0.25, -0.2) is 0 Å². The van der Waals surface area contributed by atoms with Gasteiger partial charge in [0.2, 0.25) is 6.79 Å². The van der Waals surface area contributed by atoms with Gasteiger partial charge in [-0.2, -0.15) is 0 Å². The maximum Gasteiger partial charge on any atom is 0.231 e. The number of likely N-dealkylation sites (tertiary alicyclic amines) is 1. The van der Waals surface area contributed by atoms with Crippen molar-refractivity contribution in [3.05, 3.63) is 18.2 Å². The number of benzene rings is 1. The number of nitrogens with zero attached hydrogens (tertiary/aromatic N) is 1. The van der Waals surface area contributed by atoms with Gasteiger partial charge in [0.25, 0.3) is 0 Å². The Morgan fingerprint density at radius 2 is 2.21 bits per heavy atom. The molecule has 0 aromatic heterocycles. The fourth-order valence-corrected chi connectivity index (χ4v) is 2.52. The van der Waals surface area contributed by atoms with Crippen LogP contribution in [0.3, 0.4) is 0 Å². The van der Waals surface area contributed by atoms with Crippen molar-refractivity contribution >= 4 is 0 Å². The Morgan fingerprint density at radius 1 is 1.32 bits per heavy atom. The van der Waals surface area contributed by atoms with Crippen molar-refractivity contribution in [3.63, 3.8) is 0 Å². The molecule has 2 heterocycles. The maximum absolute atomic E-state index is 9.09. The highest BCUT2D eigenvalue weighted by Crippen LogP contribution is 2.35. The van der Waals surface area contributed by atoms with Crippen molar-refractivity contribution in [1.82, 2.24) is 4.90 Å². The number of rotatable bonds is 5. The summed E-state index contributed by atoms with van der Waals surface area (Å²) in [5.41, 5.74) is 0. The van der Waals surface area contributed by atoms with E-state index >= 15 is 0 Å². The largest absolute Gasteiger partial charge is 0.492 e. The molecule has 0 saturated carbocycles. The van der Waals surface area contributed by atoms with Gasteiger partial charge in [-0.1, -0.05) is 0 Å². The Kier molecular flexibility index (Phi) is 3.75. The first-order valence-electron chi connectivity index (χ1n) is 6.71. The van der Waals surface area contributed by atoms with Crippen molar-refractivity contribution in [2.75, 3.05) is 39.6 Å². The zero-order chi connectivity index (χ0) is 13.1. The van der Waals surface area contributed by atoms with Gasteiger partial charge in [-0.3, -0.25) is 4.90 Å². The number of aliphatic hydroxyl groups excluding tert-OH is 1. The molecule has 2 aliphatic rings. The van der Waals surface area contributed by atoms with Crippen LogP contribution in [0, 0.1) is 5.92 Å². The van der Waals surface area contributed by atoms with Crippen molar-refractivity contribution in [2.24, 2.45) is 5.92 Å². The molecule has 1 atom stereocenters. The summed E-state index contributed by atoms with van der Waals surface area (Å²) in [7, 11) is 0. The van der Waals surface area contributed by atoms with Crippen LogP contribution in [-0.2, 0) is 0 Å². The van der Waals surface area contributed by atoms with E-state index in [4.69, 9.17) is 19.3 Å². The van der Waals surface area contributed by atoms with Crippen LogP contribution in [0.5, 0.6) is 17.2 Å². The summed E-state index contributed by atoms with van der Waals surface area (Å²) >= 11 is 0. The molecule has 1 N–H and O–H groups in total. The van der Waals surface area contributed by atoms with Crippen LogP contribution < -0.4 is 14.2 Å². The highest BCUT2D eigenvalue weighted by Gasteiger charge is 2.21. The lowest BCUT2D eigenvalue weighted by molar-refractivity contribution is 0.173. The molecule has 0 bridgehead atoms. The lowest BCUT2D eigenvalue weighted by Gasteiger charge is -2.16. The second kappa shape index (κ2) is 5.67. The minimum absolute atomic E-state index is 0.287. The van der Waals surface area contributed by atoms with Crippen molar-refractivity contribution in [3.8, 4) is 17.2 Å². The van der Waals surface area contributed by atoms with Crippen LogP contribution >= 0.6 is 0 Å². The monoisotopic (exact) mass is 265 g/mol. The first kappa shape index (κ1) is 12.6. The molecular formula is C14H19NO4. The first-order valence-corrected chi connectivity index (χ1v) is 6.71. The predicted molar refractivity (Wildman–Crippen MR) is 69.7 cm³/mol. The fraction of sp³-hybridized carbons (Fsp3) is 0.571. The molecule has 0 spiro atoms. The van der Waals surface area contributed by atoms with E-state index < -0.39 is 0 Å². The Balaban J connectivity index is 1.45. The minimum atomic E-state index is 0.287. The SMILES string of the molecule is OCC1CCN(CCOc2ccc3c(c2)OCO3)C1. The molecule has 0 radical (unpaired) electrons. The van der Waals surface area contributed by atoms with E-state index in [1.54, 1.807) is 0 Å². The summed E-state index contributed by atoms with van der Waals surface area (Å²) in [6, 6.07) is 5.63. The summed E-state index contributed by atoms with van der Waals surface area (Å²) in [5.74, 6) is 2.77.